The van der Waals surface area contributed by atoms with Crippen LogP contribution in [0.4, 0.5) is 0 Å². The van der Waals surface area contributed by atoms with Gasteiger partial charge in [0.15, 0.2) is 0 Å². The molecule has 0 saturated carbocycles. The molecular weight excluding hydrogens is 585 g/mol. The van der Waals surface area contributed by atoms with Crippen molar-refractivity contribution in [1.82, 2.24) is 3.80 Å². The van der Waals surface area contributed by atoms with E-state index >= 15 is 0 Å². The van der Waals surface area contributed by atoms with E-state index in [-0.39, 0.29) is 42.6 Å². The van der Waals surface area contributed by atoms with Crippen molar-refractivity contribution in [2.75, 3.05) is 0 Å². The van der Waals surface area contributed by atoms with Crippen molar-refractivity contribution in [3.8, 4) is 0 Å². The fourth-order valence-electron chi connectivity index (χ4n) is 5.91. The molecule has 4 rings (SSSR count). The number of rotatable bonds is 8. The van der Waals surface area contributed by atoms with E-state index in [0.29, 0.717) is 5.92 Å². The van der Waals surface area contributed by atoms with Gasteiger partial charge >= 0.3 is 238 Å². The van der Waals surface area contributed by atoms with Gasteiger partial charge in [-0.15, -0.1) is 0 Å². The molecule has 1 amide bonds. The molecule has 2 nitrogen and oxygen atoms in total. The van der Waals surface area contributed by atoms with Crippen LogP contribution in [0.3, 0.4) is 0 Å². The molecule has 3 aromatic rings. The van der Waals surface area contributed by atoms with E-state index in [1.54, 1.807) is 3.88 Å². The zero-order valence-electron chi connectivity index (χ0n) is 25.0. The van der Waals surface area contributed by atoms with Gasteiger partial charge in [-0.1, -0.05) is 0 Å². The quantitative estimate of drug-likeness (QED) is 0.372. The first-order chi connectivity index (χ1) is 18.1. The van der Waals surface area contributed by atoms with Gasteiger partial charge in [-0.25, -0.2) is 0 Å². The fraction of sp³-hybridized carbons (Fsp3) is 0.324. The maximum absolute atomic E-state index is 14.5. The number of allylic oxidation sites excluding steroid dienone is 4. The number of nitrogens with one attached hydrogen (secondary N) is 1. The van der Waals surface area contributed by atoms with Gasteiger partial charge in [0.2, 0.25) is 0 Å². The molecule has 211 valence electrons. The molecule has 0 saturated heterocycles. The van der Waals surface area contributed by atoms with Crippen LogP contribution in [-0.4, -0.2) is 12.6 Å². The first kappa shape index (κ1) is 34.3. The van der Waals surface area contributed by atoms with Gasteiger partial charge in [-0.05, 0) is 0 Å². The minimum atomic E-state index is -2.39. The minimum absolute atomic E-state index is 0. The van der Waals surface area contributed by atoms with Crippen LogP contribution >= 0.6 is 0 Å². The second-order valence-corrected chi connectivity index (χ2v) is 21.1. The summed E-state index contributed by atoms with van der Waals surface area (Å²) in [6, 6.07) is 28.5. The van der Waals surface area contributed by atoms with Gasteiger partial charge in [0.25, 0.3) is 0 Å². The molecule has 1 N–H and O–H groups in total. The van der Waals surface area contributed by atoms with Crippen molar-refractivity contribution >= 4 is 22.9 Å². The van der Waals surface area contributed by atoms with Crippen molar-refractivity contribution in [3.63, 3.8) is 0 Å². The van der Waals surface area contributed by atoms with Gasteiger partial charge in [0.1, 0.15) is 0 Å². The van der Waals surface area contributed by atoms with Crippen molar-refractivity contribution in [3.05, 3.63) is 116 Å². The Balaban J connectivity index is 0.00000280. The molecule has 0 bridgehead atoms. The summed E-state index contributed by atoms with van der Waals surface area (Å²) in [7, 11) is 0. The van der Waals surface area contributed by atoms with Crippen LogP contribution in [0.1, 0.15) is 88.7 Å². The van der Waals surface area contributed by atoms with Crippen LogP contribution in [0.15, 0.2) is 99.5 Å². The molecule has 3 aromatic carbocycles. The smallest absolute Gasteiger partial charge is 1.00 e. The second kappa shape index (κ2) is 14.8. The largest absolute Gasteiger partial charge is 1.00 e. The van der Waals surface area contributed by atoms with E-state index in [2.05, 4.69) is 138 Å². The van der Waals surface area contributed by atoms with Gasteiger partial charge < -0.3 is 24.8 Å². The van der Waals surface area contributed by atoms with E-state index in [1.165, 1.54) is 27.1 Å². The average Bonchev–Trinajstić information content (AvgIpc) is 3.11. The third kappa shape index (κ3) is 6.94. The molecule has 1 aliphatic rings. The predicted molar refractivity (Wildman–Crippen MR) is 162 cm³/mol. The summed E-state index contributed by atoms with van der Waals surface area (Å²) in [5.41, 5.74) is 7.49. The first-order valence-corrected chi connectivity index (χ1v) is 19.9. The normalized spacial score (nSPS) is 14.9. The minimum Gasteiger partial charge on any atom is -1.00 e. The summed E-state index contributed by atoms with van der Waals surface area (Å²) in [4.78, 5) is 14.5. The number of benzene rings is 3. The van der Waals surface area contributed by atoms with Gasteiger partial charge in [-0.3, -0.25) is 0 Å². The Morgan fingerprint density at radius 3 is 1.55 bits per heavy atom. The van der Waals surface area contributed by atoms with E-state index in [4.69, 9.17) is 0 Å². The van der Waals surface area contributed by atoms with Gasteiger partial charge in [0, 0.05) is 0 Å². The number of halogens is 2. The summed E-state index contributed by atoms with van der Waals surface area (Å²) in [6.45, 7) is 16.2. The Morgan fingerprint density at radius 2 is 1.18 bits per heavy atom. The molecule has 1 atom stereocenters. The molecule has 40 heavy (non-hydrogen) atoms. The Hall–Kier alpha value is -1.88. The third-order valence-electron chi connectivity index (χ3n) is 8.33. The van der Waals surface area contributed by atoms with E-state index in [9.17, 15) is 4.79 Å². The first-order valence-electron chi connectivity index (χ1n) is 13.9. The Morgan fingerprint density at radius 1 is 0.725 bits per heavy atom. The number of hydrogen-bond acceptors (Lipinski definition) is 1. The van der Waals surface area contributed by atoms with Crippen LogP contribution in [-0.2, 0) is 17.4 Å². The monoisotopic (exact) mass is 626 g/mol. The standard InChI is InChI=1S/C13H19NO.C12H11Si.C9H13.2ClH.Ti/c1-8(2)10-6-5-7-11(9(3)4)12(10)13(14)15;1-3-7-11(8-4-1)13-12-9-5-2-6-10-12;1-6-5-7(2)9(4)8(6)3;;;/h5-9H,1-4H3,(H2,14,15);1-10,13H;6H,1-4H3;2*1H;/q;;;;;+3/p-3. The Labute approximate surface area is 261 Å². The number of carbonyl (C=O) groups is 1. The van der Waals surface area contributed by atoms with Gasteiger partial charge in [0.05, 0.1) is 0 Å². The topological polar surface area (TPSA) is 29.1 Å². The molecule has 0 spiro atoms. The molecule has 1 unspecified atom stereocenters. The molecule has 0 fully saturated rings. The molecule has 6 heteroatoms. The molecule has 0 aliphatic heterocycles. The van der Waals surface area contributed by atoms with E-state index in [1.807, 2.05) is 0 Å². The SMILES string of the molecule is CC1=C(C)C(C)[C]([Ti+2]([NH]C(=O)c2c(C(C)C)cccc2C(C)C)[SiH](c2ccccc2)c2ccccc2)=C1C.[Cl-].[Cl-]. The summed E-state index contributed by atoms with van der Waals surface area (Å²) < 4.78 is 5.42. The fourth-order valence-corrected chi connectivity index (χ4v) is 20.9. The van der Waals surface area contributed by atoms with Crippen molar-refractivity contribution in [2.24, 2.45) is 5.92 Å². The van der Waals surface area contributed by atoms with E-state index < -0.39 is 24.0 Å². The zero-order valence-corrected chi connectivity index (χ0v) is 29.2. The average molecular weight is 628 g/mol. The summed E-state index contributed by atoms with van der Waals surface area (Å²) in [6.07, 6.45) is 0. The zero-order chi connectivity index (χ0) is 27.6. The number of amides is 1. The molecule has 0 heterocycles. The van der Waals surface area contributed by atoms with Crippen molar-refractivity contribution < 1.29 is 47.0 Å². The Kier molecular flexibility index (Phi) is 12.7. The predicted octanol–water partition coefficient (Wildman–Crippen LogP) is 1.00. The maximum Gasteiger partial charge on any atom is -1.00 e. The van der Waals surface area contributed by atoms with Crippen molar-refractivity contribution in [2.45, 2.75) is 67.2 Å². The van der Waals surface area contributed by atoms with Gasteiger partial charge in [-0.2, -0.15) is 0 Å². The number of hydrogen-bond donors (Lipinski definition) is 1. The molecule has 0 aromatic heterocycles. The third-order valence-corrected chi connectivity index (χ3v) is 21.7. The summed E-state index contributed by atoms with van der Waals surface area (Å²) >= 11 is -2.39. The molecular formula is C34H42Cl2NOSiTi. The maximum atomic E-state index is 14.5. The molecule has 1 aliphatic carbocycles. The van der Waals surface area contributed by atoms with Crippen LogP contribution in [0.2, 0.25) is 0 Å². The van der Waals surface area contributed by atoms with Crippen LogP contribution in [0.5, 0.6) is 0 Å². The Bertz CT molecular complexity index is 1300. The second-order valence-electron chi connectivity index (χ2n) is 11.3. The van der Waals surface area contributed by atoms with Crippen molar-refractivity contribution in [1.29, 1.82) is 0 Å². The van der Waals surface area contributed by atoms with Crippen LogP contribution in [0.25, 0.3) is 0 Å². The van der Waals surface area contributed by atoms with E-state index in [0.717, 1.165) is 16.7 Å². The summed E-state index contributed by atoms with van der Waals surface area (Å²) in [5, 5.41) is 2.84. The molecule has 0 radical (unpaired) electrons. The number of carbonyl (C=O) groups excluding carboxylic acids is 1. The van der Waals surface area contributed by atoms with Crippen LogP contribution in [0, 0.1) is 5.92 Å². The summed E-state index contributed by atoms with van der Waals surface area (Å²) in [5.74, 6) is 1.07. The van der Waals surface area contributed by atoms with Crippen LogP contribution < -0.4 is 39.0 Å².